The number of hydrogen-bond acceptors (Lipinski definition) is 6. The van der Waals surface area contributed by atoms with Gasteiger partial charge >= 0.3 is 6.09 Å². The van der Waals surface area contributed by atoms with E-state index < -0.39 is 23.8 Å². The van der Waals surface area contributed by atoms with Crippen molar-refractivity contribution < 1.29 is 33.8 Å². The Bertz CT molecular complexity index is 773. The number of carbonyl (C=O) groups excluding carboxylic acids is 3. The molecule has 0 bridgehead atoms. The van der Waals surface area contributed by atoms with E-state index >= 15 is 0 Å². The van der Waals surface area contributed by atoms with Crippen LogP contribution in [-0.4, -0.2) is 79.3 Å². The zero-order valence-corrected chi connectivity index (χ0v) is 17.7. The Balaban J connectivity index is 1.66. The molecule has 1 atom stereocenters. The van der Waals surface area contributed by atoms with Crippen LogP contribution in [0.3, 0.4) is 0 Å². The van der Waals surface area contributed by atoms with E-state index in [1.54, 1.807) is 24.3 Å². The monoisotopic (exact) mass is 455 g/mol. The van der Waals surface area contributed by atoms with Crippen molar-refractivity contribution in [2.45, 2.75) is 25.4 Å². The third-order valence-corrected chi connectivity index (χ3v) is 4.80. The van der Waals surface area contributed by atoms with Gasteiger partial charge in [0.1, 0.15) is 6.04 Å². The lowest BCUT2D eigenvalue weighted by Gasteiger charge is -2.23. The number of hydrogen-bond donors (Lipinski definition) is 3. The molecule has 10 nitrogen and oxygen atoms in total. The Morgan fingerprint density at radius 2 is 1.65 bits per heavy atom. The number of benzene rings is 1. The number of Topliss-reactive ketones (excluding diaryl/α,β-unsaturated/α-hetero) is 1. The minimum Gasteiger partial charge on any atom is -0.465 e. The average molecular weight is 456 g/mol. The highest BCUT2D eigenvalue weighted by atomic mass is 35.5. The van der Waals surface area contributed by atoms with Crippen molar-refractivity contribution in [3.63, 3.8) is 0 Å². The Labute approximate surface area is 184 Å². The number of halogens is 1. The highest BCUT2D eigenvalue weighted by Gasteiger charge is 2.38. The van der Waals surface area contributed by atoms with Gasteiger partial charge in [-0.2, -0.15) is 0 Å². The molecule has 1 aromatic rings. The first-order valence-electron chi connectivity index (χ1n) is 9.86. The molecule has 3 amide bonds. The van der Waals surface area contributed by atoms with Gasteiger partial charge in [-0.05, 0) is 24.1 Å². The van der Waals surface area contributed by atoms with Crippen LogP contribution in [0, 0.1) is 0 Å². The van der Waals surface area contributed by atoms with Gasteiger partial charge in [0.05, 0.1) is 26.4 Å². The van der Waals surface area contributed by atoms with Crippen molar-refractivity contribution in [3.8, 4) is 0 Å². The molecule has 1 saturated heterocycles. The highest BCUT2D eigenvalue weighted by molar-refractivity contribution is 6.38. The number of likely N-dealkylation sites (tertiary alicyclic amines) is 1. The van der Waals surface area contributed by atoms with Crippen LogP contribution in [0.5, 0.6) is 0 Å². The van der Waals surface area contributed by atoms with E-state index in [1.165, 1.54) is 4.90 Å². The normalized spacial score (nSPS) is 15.7. The Kier molecular flexibility index (Phi) is 10.2. The molecule has 1 unspecified atom stereocenters. The maximum atomic E-state index is 12.5. The average Bonchev–Trinajstić information content (AvgIpc) is 3.10. The molecule has 1 aromatic carbocycles. The molecule has 2 rings (SSSR count). The molecule has 0 aromatic heterocycles. The first kappa shape index (κ1) is 24.6. The molecule has 0 aliphatic carbocycles. The molecule has 3 N–H and O–H groups in total. The van der Waals surface area contributed by atoms with Gasteiger partial charge in [-0.3, -0.25) is 14.4 Å². The summed E-state index contributed by atoms with van der Waals surface area (Å²) < 4.78 is 10.4. The van der Waals surface area contributed by atoms with Crippen molar-refractivity contribution in [1.29, 1.82) is 0 Å². The number of carboxylic acid groups (broad SMARTS) is 1. The molecule has 0 spiro atoms. The molecule has 1 aliphatic heterocycles. The first-order valence-corrected chi connectivity index (χ1v) is 10.2. The highest BCUT2D eigenvalue weighted by Crippen LogP contribution is 2.23. The number of ketones is 1. The van der Waals surface area contributed by atoms with E-state index in [2.05, 4.69) is 10.6 Å². The Hall–Kier alpha value is -2.69. The summed E-state index contributed by atoms with van der Waals surface area (Å²) in [4.78, 5) is 48.6. The van der Waals surface area contributed by atoms with Gasteiger partial charge in [-0.25, -0.2) is 4.79 Å². The second-order valence-corrected chi connectivity index (χ2v) is 7.22. The zero-order valence-electron chi connectivity index (χ0n) is 17.0. The van der Waals surface area contributed by atoms with Crippen LogP contribution in [0.1, 0.15) is 18.4 Å². The second kappa shape index (κ2) is 12.9. The van der Waals surface area contributed by atoms with Crippen LogP contribution in [0.25, 0.3) is 0 Å². The molecule has 170 valence electrons. The summed E-state index contributed by atoms with van der Waals surface area (Å²) in [6, 6.07) is 6.19. The zero-order chi connectivity index (χ0) is 22.6. The molecule has 1 heterocycles. The largest absolute Gasteiger partial charge is 0.465 e. The van der Waals surface area contributed by atoms with E-state index in [0.29, 0.717) is 11.4 Å². The number of nitrogens with zero attached hydrogens (tertiary/aromatic N) is 1. The number of ether oxygens (including phenoxy) is 2. The summed E-state index contributed by atoms with van der Waals surface area (Å²) in [5, 5.41) is 13.6. The molecule has 1 fully saturated rings. The fourth-order valence-corrected chi connectivity index (χ4v) is 3.14. The molecule has 1 aliphatic rings. The number of rotatable bonds is 13. The second-order valence-electron chi connectivity index (χ2n) is 6.78. The van der Waals surface area contributed by atoms with Crippen LogP contribution in [0.4, 0.5) is 4.79 Å². The SMILES string of the molecule is O=C(O)NCCOCCOCCNC(=O)C(=O)C1CCC(=O)N1Cc1ccc(Cl)cc1. The van der Waals surface area contributed by atoms with E-state index in [1.807, 2.05) is 0 Å². The molecule has 0 saturated carbocycles. The van der Waals surface area contributed by atoms with E-state index in [4.69, 9.17) is 26.2 Å². The summed E-state index contributed by atoms with van der Waals surface area (Å²) in [5.74, 6) is -1.56. The van der Waals surface area contributed by atoms with Crippen molar-refractivity contribution in [2.75, 3.05) is 39.5 Å². The molecule has 0 radical (unpaired) electrons. The fraction of sp³-hybridized carbons (Fsp3) is 0.500. The maximum Gasteiger partial charge on any atom is 0.404 e. The lowest BCUT2D eigenvalue weighted by Crippen LogP contribution is -2.46. The summed E-state index contributed by atoms with van der Waals surface area (Å²) in [6.07, 6.45) is -0.578. The smallest absolute Gasteiger partial charge is 0.404 e. The molecule has 31 heavy (non-hydrogen) atoms. The minimum absolute atomic E-state index is 0.142. The first-order chi connectivity index (χ1) is 14.9. The predicted molar refractivity (Wildman–Crippen MR) is 111 cm³/mol. The van der Waals surface area contributed by atoms with E-state index in [9.17, 15) is 19.2 Å². The summed E-state index contributed by atoms with van der Waals surface area (Å²) in [6.45, 7) is 1.53. The summed E-state index contributed by atoms with van der Waals surface area (Å²) >= 11 is 5.87. The van der Waals surface area contributed by atoms with Gasteiger partial charge in [-0.15, -0.1) is 0 Å². The van der Waals surface area contributed by atoms with Crippen molar-refractivity contribution in [3.05, 3.63) is 34.9 Å². The van der Waals surface area contributed by atoms with Crippen LogP contribution in [0.15, 0.2) is 24.3 Å². The van der Waals surface area contributed by atoms with Gasteiger partial charge in [0, 0.05) is 31.1 Å². The van der Waals surface area contributed by atoms with Gasteiger partial charge < -0.3 is 30.1 Å². The topological polar surface area (TPSA) is 134 Å². The number of carbonyl (C=O) groups is 4. The van der Waals surface area contributed by atoms with Crippen molar-refractivity contribution in [1.82, 2.24) is 15.5 Å². The standard InChI is InChI=1S/C20H26ClN3O7/c21-15-3-1-14(2-4-15)13-24-16(5-6-17(24)25)18(26)19(27)22-7-9-30-11-12-31-10-8-23-20(28)29/h1-4,16,23H,5-13H2,(H,22,27)(H,28,29). The minimum atomic E-state index is -1.11. The lowest BCUT2D eigenvalue weighted by atomic mass is 10.1. The summed E-state index contributed by atoms with van der Waals surface area (Å²) in [5.41, 5.74) is 0.826. The van der Waals surface area contributed by atoms with Gasteiger partial charge in [0.2, 0.25) is 11.7 Å². The maximum absolute atomic E-state index is 12.5. The molecular weight excluding hydrogens is 430 g/mol. The summed E-state index contributed by atoms with van der Waals surface area (Å²) in [7, 11) is 0. The van der Waals surface area contributed by atoms with Crippen LogP contribution in [-0.2, 0) is 30.4 Å². The van der Waals surface area contributed by atoms with Crippen molar-refractivity contribution in [2.24, 2.45) is 0 Å². The Morgan fingerprint density at radius 1 is 1.03 bits per heavy atom. The Morgan fingerprint density at radius 3 is 2.26 bits per heavy atom. The van der Waals surface area contributed by atoms with Crippen LogP contribution >= 0.6 is 11.6 Å². The van der Waals surface area contributed by atoms with Gasteiger partial charge in [0.25, 0.3) is 5.91 Å². The third-order valence-electron chi connectivity index (χ3n) is 4.55. The quantitative estimate of drug-likeness (QED) is 0.296. The van der Waals surface area contributed by atoms with Crippen molar-refractivity contribution >= 4 is 35.3 Å². The van der Waals surface area contributed by atoms with Gasteiger partial charge in [0.15, 0.2) is 0 Å². The number of amides is 3. The number of nitrogens with one attached hydrogen (secondary N) is 2. The predicted octanol–water partition coefficient (Wildman–Crippen LogP) is 0.817. The van der Waals surface area contributed by atoms with Crippen LogP contribution < -0.4 is 10.6 Å². The molecular formula is C20H26ClN3O7. The van der Waals surface area contributed by atoms with Crippen LogP contribution in [0.2, 0.25) is 5.02 Å². The fourth-order valence-electron chi connectivity index (χ4n) is 3.02. The van der Waals surface area contributed by atoms with E-state index in [0.717, 1.165) is 5.56 Å². The third kappa shape index (κ3) is 8.52. The van der Waals surface area contributed by atoms with Gasteiger partial charge in [-0.1, -0.05) is 23.7 Å². The molecule has 11 heteroatoms. The lowest BCUT2D eigenvalue weighted by molar-refractivity contribution is -0.143. The van der Waals surface area contributed by atoms with E-state index in [-0.39, 0.29) is 58.4 Å².